The highest BCUT2D eigenvalue weighted by Crippen LogP contribution is 2.09. The van der Waals surface area contributed by atoms with Crippen molar-refractivity contribution in [3.63, 3.8) is 0 Å². The first-order valence-electron chi connectivity index (χ1n) is 6.46. The summed E-state index contributed by atoms with van der Waals surface area (Å²) in [7, 11) is 0. The summed E-state index contributed by atoms with van der Waals surface area (Å²) in [6.07, 6.45) is 0. The molecule has 0 radical (unpaired) electrons. The maximum Gasteiger partial charge on any atom is 0.251 e. The van der Waals surface area contributed by atoms with Crippen molar-refractivity contribution in [2.75, 3.05) is 16.3 Å². The van der Waals surface area contributed by atoms with Gasteiger partial charge >= 0.3 is 0 Å². The molecule has 0 atom stereocenters. The highest BCUT2D eigenvalue weighted by molar-refractivity contribution is 14.1. The standard InChI is InChI=1S/C14H18IN3O3/c1-9(2)17-13(20)8-16-14(21)10-3-5-11(6-4-10)18-12(19)7-15/h3-6,9H,7-8H2,1-2H3,(H,16,21)(H,17,20)(H,18,19). The number of carbonyl (C=O) groups excluding carboxylic acids is 3. The molecule has 1 rings (SSSR count). The van der Waals surface area contributed by atoms with Crippen LogP contribution in [0.3, 0.4) is 0 Å². The summed E-state index contributed by atoms with van der Waals surface area (Å²) >= 11 is 1.97. The Morgan fingerprint density at radius 3 is 2.24 bits per heavy atom. The van der Waals surface area contributed by atoms with E-state index in [4.69, 9.17) is 0 Å². The minimum absolute atomic E-state index is 0.0372. The third kappa shape index (κ3) is 6.56. The van der Waals surface area contributed by atoms with Gasteiger partial charge in [-0.3, -0.25) is 14.4 Å². The average Bonchev–Trinajstić information content (AvgIpc) is 2.44. The molecule has 0 bridgehead atoms. The van der Waals surface area contributed by atoms with E-state index in [0.717, 1.165) is 0 Å². The van der Waals surface area contributed by atoms with Crippen LogP contribution in [-0.2, 0) is 9.59 Å². The lowest BCUT2D eigenvalue weighted by Gasteiger charge is -2.09. The second kappa shape index (κ2) is 8.60. The van der Waals surface area contributed by atoms with Crippen LogP contribution in [0.4, 0.5) is 5.69 Å². The van der Waals surface area contributed by atoms with Crippen LogP contribution >= 0.6 is 22.6 Å². The van der Waals surface area contributed by atoms with Gasteiger partial charge in [0, 0.05) is 17.3 Å². The molecule has 0 saturated carbocycles. The normalized spacial score (nSPS) is 10.1. The zero-order chi connectivity index (χ0) is 15.8. The Morgan fingerprint density at radius 1 is 1.10 bits per heavy atom. The molecule has 0 aromatic heterocycles. The summed E-state index contributed by atoms with van der Waals surface area (Å²) in [6.45, 7) is 3.63. The van der Waals surface area contributed by atoms with Crippen molar-refractivity contribution in [2.24, 2.45) is 0 Å². The van der Waals surface area contributed by atoms with Crippen LogP contribution in [0.15, 0.2) is 24.3 Å². The molecule has 1 aromatic carbocycles. The number of halogens is 1. The second-order valence-corrected chi connectivity index (χ2v) is 5.43. The largest absolute Gasteiger partial charge is 0.352 e. The average molecular weight is 403 g/mol. The van der Waals surface area contributed by atoms with Crippen molar-refractivity contribution in [3.05, 3.63) is 29.8 Å². The Labute approximate surface area is 137 Å². The monoisotopic (exact) mass is 403 g/mol. The van der Waals surface area contributed by atoms with Crippen molar-refractivity contribution in [1.29, 1.82) is 0 Å². The van der Waals surface area contributed by atoms with Gasteiger partial charge in [-0.2, -0.15) is 0 Å². The number of alkyl halides is 1. The smallest absolute Gasteiger partial charge is 0.251 e. The summed E-state index contributed by atoms with van der Waals surface area (Å²) in [5, 5.41) is 7.91. The van der Waals surface area contributed by atoms with Gasteiger partial charge < -0.3 is 16.0 Å². The molecular weight excluding hydrogens is 385 g/mol. The molecule has 0 heterocycles. The molecule has 3 amide bonds. The van der Waals surface area contributed by atoms with Crippen LogP contribution in [0.5, 0.6) is 0 Å². The topological polar surface area (TPSA) is 87.3 Å². The van der Waals surface area contributed by atoms with Crippen LogP contribution < -0.4 is 16.0 Å². The molecule has 1 aromatic rings. The van der Waals surface area contributed by atoms with Gasteiger partial charge in [-0.15, -0.1) is 0 Å². The van der Waals surface area contributed by atoms with Gasteiger partial charge in [0.1, 0.15) is 0 Å². The van der Waals surface area contributed by atoms with Gasteiger partial charge in [0.2, 0.25) is 11.8 Å². The number of hydrogen-bond donors (Lipinski definition) is 3. The quantitative estimate of drug-likeness (QED) is 0.495. The summed E-state index contributed by atoms with van der Waals surface area (Å²) in [4.78, 5) is 34.5. The molecule has 0 aliphatic carbocycles. The van der Waals surface area contributed by atoms with Crippen molar-refractivity contribution in [3.8, 4) is 0 Å². The molecule has 0 saturated heterocycles. The third-order valence-electron chi connectivity index (χ3n) is 2.41. The molecule has 6 nitrogen and oxygen atoms in total. The van der Waals surface area contributed by atoms with Crippen molar-refractivity contribution in [1.82, 2.24) is 10.6 Å². The molecule has 0 fully saturated rings. The van der Waals surface area contributed by atoms with E-state index in [1.807, 2.05) is 36.4 Å². The molecule has 7 heteroatoms. The number of hydrogen-bond acceptors (Lipinski definition) is 3. The summed E-state index contributed by atoms with van der Waals surface area (Å²) in [5.74, 6) is -0.664. The molecule has 0 aliphatic rings. The molecule has 21 heavy (non-hydrogen) atoms. The van der Waals surface area contributed by atoms with Crippen LogP contribution in [0, 0.1) is 0 Å². The Balaban J connectivity index is 2.51. The van der Waals surface area contributed by atoms with Crippen LogP contribution in [0.1, 0.15) is 24.2 Å². The van der Waals surface area contributed by atoms with Crippen molar-refractivity contribution in [2.45, 2.75) is 19.9 Å². The number of amides is 3. The van der Waals surface area contributed by atoms with E-state index in [0.29, 0.717) is 15.7 Å². The first-order valence-corrected chi connectivity index (χ1v) is 7.98. The van der Waals surface area contributed by atoms with Gasteiger partial charge in [-0.1, -0.05) is 22.6 Å². The lowest BCUT2D eigenvalue weighted by atomic mass is 10.2. The molecular formula is C14H18IN3O3. The van der Waals surface area contributed by atoms with Crippen LogP contribution in [0.2, 0.25) is 0 Å². The Morgan fingerprint density at radius 2 is 1.71 bits per heavy atom. The maximum atomic E-state index is 11.8. The molecule has 114 valence electrons. The first kappa shape index (κ1) is 17.4. The Hall–Kier alpha value is -1.64. The molecule has 0 aliphatic heterocycles. The van der Waals surface area contributed by atoms with E-state index in [1.165, 1.54) is 0 Å². The van der Waals surface area contributed by atoms with E-state index in [-0.39, 0.29) is 30.3 Å². The minimum atomic E-state index is -0.333. The highest BCUT2D eigenvalue weighted by atomic mass is 127. The number of carbonyl (C=O) groups is 3. The predicted molar refractivity (Wildman–Crippen MR) is 89.6 cm³/mol. The minimum Gasteiger partial charge on any atom is -0.352 e. The maximum absolute atomic E-state index is 11.8. The Kier molecular flexibility index (Phi) is 7.13. The van der Waals surface area contributed by atoms with Crippen molar-refractivity contribution >= 4 is 46.0 Å². The number of rotatable bonds is 6. The summed E-state index contributed by atoms with van der Waals surface area (Å²) in [5.41, 5.74) is 1.06. The lowest BCUT2D eigenvalue weighted by molar-refractivity contribution is -0.120. The van der Waals surface area contributed by atoms with E-state index >= 15 is 0 Å². The number of benzene rings is 1. The first-order chi connectivity index (χ1) is 9.92. The molecule has 0 unspecified atom stereocenters. The van der Waals surface area contributed by atoms with Crippen LogP contribution in [0.25, 0.3) is 0 Å². The third-order valence-corrected chi connectivity index (χ3v) is 3.10. The zero-order valence-corrected chi connectivity index (χ0v) is 14.1. The number of nitrogens with one attached hydrogen (secondary N) is 3. The second-order valence-electron chi connectivity index (χ2n) is 4.66. The highest BCUT2D eigenvalue weighted by Gasteiger charge is 2.09. The zero-order valence-electron chi connectivity index (χ0n) is 11.9. The Bertz CT molecular complexity index is 515. The SMILES string of the molecule is CC(C)NC(=O)CNC(=O)c1ccc(NC(=O)CI)cc1. The van der Waals surface area contributed by atoms with Gasteiger partial charge in [-0.05, 0) is 38.1 Å². The van der Waals surface area contributed by atoms with E-state index in [2.05, 4.69) is 16.0 Å². The van der Waals surface area contributed by atoms with Gasteiger partial charge in [0.05, 0.1) is 11.0 Å². The fourth-order valence-corrected chi connectivity index (χ4v) is 1.73. The van der Waals surface area contributed by atoms with Crippen molar-refractivity contribution < 1.29 is 14.4 Å². The van der Waals surface area contributed by atoms with Gasteiger partial charge in [0.25, 0.3) is 5.91 Å². The molecule has 3 N–H and O–H groups in total. The fraction of sp³-hybridized carbons (Fsp3) is 0.357. The van der Waals surface area contributed by atoms with E-state index in [1.54, 1.807) is 24.3 Å². The lowest BCUT2D eigenvalue weighted by Crippen LogP contribution is -2.39. The van der Waals surface area contributed by atoms with Gasteiger partial charge in [-0.25, -0.2) is 0 Å². The molecule has 0 spiro atoms. The van der Waals surface area contributed by atoms with E-state index in [9.17, 15) is 14.4 Å². The fourth-order valence-electron chi connectivity index (χ4n) is 1.53. The predicted octanol–water partition coefficient (Wildman–Crippen LogP) is 1.31. The van der Waals surface area contributed by atoms with Gasteiger partial charge in [0.15, 0.2) is 0 Å². The summed E-state index contributed by atoms with van der Waals surface area (Å²) in [6, 6.07) is 6.52. The summed E-state index contributed by atoms with van der Waals surface area (Å²) < 4.78 is 0.366. The van der Waals surface area contributed by atoms with Crippen LogP contribution in [-0.4, -0.2) is 34.7 Å². The number of anilines is 1. The van der Waals surface area contributed by atoms with E-state index < -0.39 is 0 Å².